The van der Waals surface area contributed by atoms with Gasteiger partial charge in [0.05, 0.1) is 0 Å². The summed E-state index contributed by atoms with van der Waals surface area (Å²) in [5.74, 6) is 0.388. The Morgan fingerprint density at radius 2 is 1.95 bits per heavy atom. The molecule has 21 heavy (non-hydrogen) atoms. The zero-order valence-electron chi connectivity index (χ0n) is 12.7. The minimum absolute atomic E-state index is 0.388. The highest BCUT2D eigenvalue weighted by Crippen LogP contribution is 2.22. The summed E-state index contributed by atoms with van der Waals surface area (Å²) < 4.78 is 0. The molecule has 2 nitrogen and oxygen atoms in total. The van der Waals surface area contributed by atoms with Gasteiger partial charge in [0.1, 0.15) is 5.75 Å². The predicted molar refractivity (Wildman–Crippen MR) is 87.6 cm³/mol. The van der Waals surface area contributed by atoms with Gasteiger partial charge in [-0.1, -0.05) is 30.4 Å². The third kappa shape index (κ3) is 3.45. The van der Waals surface area contributed by atoms with E-state index in [4.69, 9.17) is 0 Å². The van der Waals surface area contributed by atoms with E-state index in [0.29, 0.717) is 5.75 Å². The molecule has 0 atom stereocenters. The number of phenols is 1. The second-order valence-corrected chi connectivity index (χ2v) is 5.97. The van der Waals surface area contributed by atoms with Gasteiger partial charge in [-0.3, -0.25) is 4.90 Å². The minimum atomic E-state index is 0.388. The van der Waals surface area contributed by atoms with Crippen LogP contribution in [0.15, 0.2) is 53.6 Å². The Labute approximate surface area is 127 Å². The van der Waals surface area contributed by atoms with Gasteiger partial charge in [-0.05, 0) is 60.6 Å². The molecule has 0 unspecified atom stereocenters. The van der Waals surface area contributed by atoms with E-state index in [0.717, 1.165) is 38.9 Å². The third-order valence-electron chi connectivity index (χ3n) is 4.47. The van der Waals surface area contributed by atoms with Gasteiger partial charge in [0.15, 0.2) is 0 Å². The van der Waals surface area contributed by atoms with Crippen molar-refractivity contribution in [2.75, 3.05) is 19.6 Å². The zero-order chi connectivity index (χ0) is 14.7. The van der Waals surface area contributed by atoms with E-state index in [-0.39, 0.29) is 0 Å². The average molecular weight is 281 g/mol. The first-order valence-electron chi connectivity index (χ1n) is 7.78. The molecular weight excluding hydrogens is 258 g/mol. The van der Waals surface area contributed by atoms with Crippen LogP contribution in [-0.4, -0.2) is 29.6 Å². The van der Waals surface area contributed by atoms with Crippen molar-refractivity contribution in [2.45, 2.75) is 26.2 Å². The Hall–Kier alpha value is -1.80. The molecule has 1 aromatic carbocycles. The molecule has 110 valence electrons. The summed E-state index contributed by atoms with van der Waals surface area (Å²) in [6, 6.07) is 5.81. The number of phenolic OH excluding ortho intramolecular Hbond substituents is 1. The first-order chi connectivity index (χ1) is 10.2. The summed E-state index contributed by atoms with van der Waals surface area (Å²) in [5.41, 5.74) is 5.53. The number of rotatable bonds is 2. The lowest BCUT2D eigenvalue weighted by atomic mass is 10.0. The highest BCUT2D eigenvalue weighted by Gasteiger charge is 2.16. The van der Waals surface area contributed by atoms with Gasteiger partial charge in [0.25, 0.3) is 0 Å². The van der Waals surface area contributed by atoms with E-state index in [9.17, 15) is 5.11 Å². The second-order valence-electron chi connectivity index (χ2n) is 5.97. The molecule has 0 spiro atoms. The van der Waals surface area contributed by atoms with Crippen LogP contribution in [0.25, 0.3) is 0 Å². The molecule has 2 heteroatoms. The summed E-state index contributed by atoms with van der Waals surface area (Å²) in [6.45, 7) is 5.39. The van der Waals surface area contributed by atoms with Crippen molar-refractivity contribution in [1.29, 1.82) is 0 Å². The SMILES string of the molecule is CC1=CC=CCC=C1CN1CCc2ccc(O)cc2CC1. The van der Waals surface area contributed by atoms with Gasteiger partial charge in [0, 0.05) is 19.6 Å². The number of hydrogen-bond acceptors (Lipinski definition) is 2. The molecule has 1 heterocycles. The minimum Gasteiger partial charge on any atom is -0.508 e. The van der Waals surface area contributed by atoms with Crippen molar-refractivity contribution >= 4 is 0 Å². The first-order valence-corrected chi connectivity index (χ1v) is 7.78. The van der Waals surface area contributed by atoms with Crippen LogP contribution in [0, 0.1) is 0 Å². The molecule has 2 aliphatic rings. The van der Waals surface area contributed by atoms with E-state index < -0.39 is 0 Å². The predicted octanol–water partition coefficient (Wildman–Crippen LogP) is 3.63. The molecule has 0 saturated heterocycles. The largest absolute Gasteiger partial charge is 0.508 e. The Balaban J connectivity index is 1.68. The number of aromatic hydroxyl groups is 1. The molecule has 1 aromatic rings. The van der Waals surface area contributed by atoms with E-state index in [1.807, 2.05) is 6.07 Å². The highest BCUT2D eigenvalue weighted by atomic mass is 16.3. The van der Waals surface area contributed by atoms with Crippen molar-refractivity contribution in [2.24, 2.45) is 0 Å². The molecule has 1 N–H and O–H groups in total. The van der Waals surface area contributed by atoms with Crippen LogP contribution in [0.3, 0.4) is 0 Å². The number of benzene rings is 1. The molecule has 0 aromatic heterocycles. The van der Waals surface area contributed by atoms with Crippen LogP contribution in [0.2, 0.25) is 0 Å². The molecule has 0 radical (unpaired) electrons. The van der Waals surface area contributed by atoms with E-state index in [1.165, 1.54) is 22.3 Å². The molecule has 0 amide bonds. The highest BCUT2D eigenvalue weighted by molar-refractivity contribution is 5.38. The Morgan fingerprint density at radius 1 is 1.14 bits per heavy atom. The van der Waals surface area contributed by atoms with E-state index >= 15 is 0 Å². The summed E-state index contributed by atoms with van der Waals surface area (Å²) in [5, 5.41) is 9.64. The standard InChI is InChI=1S/C19H23NO/c1-15-5-3-2-4-6-18(15)14-20-11-9-16-7-8-19(21)13-17(16)10-12-20/h2-3,5-8,13,21H,4,9-12,14H2,1H3. The smallest absolute Gasteiger partial charge is 0.115 e. The molecule has 1 aliphatic carbocycles. The third-order valence-corrected chi connectivity index (χ3v) is 4.47. The average Bonchev–Trinajstić information content (AvgIpc) is 2.79. The molecule has 0 saturated carbocycles. The fourth-order valence-electron chi connectivity index (χ4n) is 3.12. The van der Waals surface area contributed by atoms with Crippen LogP contribution in [-0.2, 0) is 12.8 Å². The van der Waals surface area contributed by atoms with E-state index in [1.54, 1.807) is 6.07 Å². The quantitative estimate of drug-likeness (QED) is 0.895. The number of hydrogen-bond donors (Lipinski definition) is 1. The Morgan fingerprint density at radius 3 is 2.81 bits per heavy atom. The molecule has 0 bridgehead atoms. The number of allylic oxidation sites excluding steroid dienone is 4. The van der Waals surface area contributed by atoms with Gasteiger partial charge in [-0.2, -0.15) is 0 Å². The van der Waals surface area contributed by atoms with Gasteiger partial charge < -0.3 is 5.11 Å². The number of fused-ring (bicyclic) bond motifs is 1. The van der Waals surface area contributed by atoms with Crippen LogP contribution < -0.4 is 0 Å². The van der Waals surface area contributed by atoms with Gasteiger partial charge in [-0.25, -0.2) is 0 Å². The normalized spacial score (nSPS) is 19.3. The summed E-state index contributed by atoms with van der Waals surface area (Å²) in [4.78, 5) is 2.53. The lowest BCUT2D eigenvalue weighted by Crippen LogP contribution is -2.28. The van der Waals surface area contributed by atoms with Crippen LogP contribution in [0.1, 0.15) is 24.5 Å². The summed E-state index contributed by atoms with van der Waals surface area (Å²) >= 11 is 0. The van der Waals surface area contributed by atoms with Crippen LogP contribution >= 0.6 is 0 Å². The molecule has 1 aliphatic heterocycles. The zero-order valence-corrected chi connectivity index (χ0v) is 12.7. The maximum absolute atomic E-state index is 9.64. The maximum Gasteiger partial charge on any atom is 0.115 e. The second kappa shape index (κ2) is 6.31. The van der Waals surface area contributed by atoms with Crippen molar-refractivity contribution in [3.8, 4) is 5.75 Å². The first kappa shape index (κ1) is 14.2. The summed E-state index contributed by atoms with van der Waals surface area (Å²) in [6.07, 6.45) is 12.0. The lowest BCUT2D eigenvalue weighted by Gasteiger charge is -2.22. The fraction of sp³-hybridized carbons (Fsp3) is 0.368. The Kier molecular flexibility index (Phi) is 4.26. The lowest BCUT2D eigenvalue weighted by molar-refractivity contribution is 0.312. The molecule has 3 rings (SSSR count). The topological polar surface area (TPSA) is 23.5 Å². The number of nitrogens with zero attached hydrogens (tertiary/aromatic N) is 1. The van der Waals surface area contributed by atoms with Gasteiger partial charge >= 0.3 is 0 Å². The Bertz CT molecular complexity index is 610. The van der Waals surface area contributed by atoms with E-state index in [2.05, 4.69) is 42.2 Å². The summed E-state index contributed by atoms with van der Waals surface area (Å²) in [7, 11) is 0. The van der Waals surface area contributed by atoms with Gasteiger partial charge in [-0.15, -0.1) is 0 Å². The van der Waals surface area contributed by atoms with Crippen molar-refractivity contribution in [3.05, 3.63) is 64.8 Å². The molecular formula is C19H23NO. The molecule has 0 fully saturated rings. The van der Waals surface area contributed by atoms with Crippen LogP contribution in [0.4, 0.5) is 0 Å². The van der Waals surface area contributed by atoms with Crippen molar-refractivity contribution < 1.29 is 5.11 Å². The maximum atomic E-state index is 9.64. The fourth-order valence-corrected chi connectivity index (χ4v) is 3.12. The van der Waals surface area contributed by atoms with Gasteiger partial charge in [0.2, 0.25) is 0 Å². The van der Waals surface area contributed by atoms with Crippen LogP contribution in [0.5, 0.6) is 5.75 Å². The van der Waals surface area contributed by atoms with Crippen molar-refractivity contribution in [3.63, 3.8) is 0 Å². The monoisotopic (exact) mass is 281 g/mol. The van der Waals surface area contributed by atoms with Crippen molar-refractivity contribution in [1.82, 2.24) is 4.90 Å².